The molecule has 0 aromatic heterocycles. The molecule has 0 saturated carbocycles. The first-order chi connectivity index (χ1) is 8.93. The molecule has 0 radical (unpaired) electrons. The molecule has 0 unspecified atom stereocenters. The molecule has 2 nitrogen and oxygen atoms in total. The number of nitrogens with one attached hydrogen (secondary N) is 1. The fourth-order valence-corrected chi connectivity index (χ4v) is 2.47. The highest BCUT2D eigenvalue weighted by molar-refractivity contribution is 5.47. The van der Waals surface area contributed by atoms with Gasteiger partial charge in [0.05, 0.1) is 0 Å². The van der Waals surface area contributed by atoms with Crippen LogP contribution >= 0.6 is 0 Å². The summed E-state index contributed by atoms with van der Waals surface area (Å²) in [6, 6.07) is 19.3. The van der Waals surface area contributed by atoms with Crippen molar-refractivity contribution in [1.82, 2.24) is 5.32 Å². The summed E-state index contributed by atoms with van der Waals surface area (Å²) in [7, 11) is 0. The summed E-state index contributed by atoms with van der Waals surface area (Å²) in [4.78, 5) is 2.44. The third-order valence-electron chi connectivity index (χ3n) is 3.47. The molecule has 0 fully saturated rings. The highest BCUT2D eigenvalue weighted by Gasteiger charge is 2.12. The van der Waals surface area contributed by atoms with E-state index in [-0.39, 0.29) is 0 Å². The fraction of sp³-hybridized carbons (Fsp3) is 0.250. The molecule has 1 aliphatic rings. The maximum absolute atomic E-state index is 3.50. The van der Waals surface area contributed by atoms with E-state index in [4.69, 9.17) is 0 Å². The van der Waals surface area contributed by atoms with E-state index in [9.17, 15) is 0 Å². The number of nitrogens with zero attached hydrogens (tertiary/aromatic N) is 1. The van der Waals surface area contributed by atoms with Gasteiger partial charge in [-0.2, -0.15) is 0 Å². The van der Waals surface area contributed by atoms with E-state index in [1.165, 1.54) is 16.8 Å². The molecule has 0 bridgehead atoms. The molecule has 92 valence electrons. The molecule has 2 heteroatoms. The Kier molecular flexibility index (Phi) is 3.29. The van der Waals surface area contributed by atoms with Gasteiger partial charge >= 0.3 is 0 Å². The minimum atomic E-state index is 0.985. The molecule has 2 aromatic rings. The van der Waals surface area contributed by atoms with E-state index in [1.807, 2.05) is 0 Å². The lowest BCUT2D eigenvalue weighted by Crippen LogP contribution is -2.34. The van der Waals surface area contributed by atoms with Crippen molar-refractivity contribution in [2.24, 2.45) is 0 Å². The Bertz CT molecular complexity index is 508. The summed E-state index contributed by atoms with van der Waals surface area (Å²) in [5, 5.41) is 3.50. The fourth-order valence-electron chi connectivity index (χ4n) is 2.47. The van der Waals surface area contributed by atoms with Crippen molar-refractivity contribution in [3.63, 3.8) is 0 Å². The lowest BCUT2D eigenvalue weighted by Gasteiger charge is -2.28. The van der Waals surface area contributed by atoms with Crippen molar-refractivity contribution < 1.29 is 0 Å². The molecule has 1 N–H and O–H groups in total. The second-order valence-corrected chi connectivity index (χ2v) is 4.70. The van der Waals surface area contributed by atoms with Gasteiger partial charge in [-0.3, -0.25) is 0 Å². The Balaban J connectivity index is 1.90. The number of hydrogen-bond acceptors (Lipinski definition) is 2. The maximum Gasteiger partial charge on any atom is 0.0433 e. The van der Waals surface area contributed by atoms with Crippen LogP contribution in [0.15, 0.2) is 54.6 Å². The molecule has 0 atom stereocenters. The molecule has 0 saturated heterocycles. The van der Waals surface area contributed by atoms with E-state index < -0.39 is 0 Å². The maximum atomic E-state index is 3.50. The van der Waals surface area contributed by atoms with Gasteiger partial charge in [-0.15, -0.1) is 0 Å². The van der Waals surface area contributed by atoms with E-state index in [2.05, 4.69) is 64.8 Å². The van der Waals surface area contributed by atoms with Crippen LogP contribution in [-0.2, 0) is 13.1 Å². The summed E-state index contributed by atoms with van der Waals surface area (Å²) in [5.74, 6) is 0. The topological polar surface area (TPSA) is 15.3 Å². The molecule has 1 heterocycles. The quantitative estimate of drug-likeness (QED) is 0.822. The Hall–Kier alpha value is -1.80. The predicted molar refractivity (Wildman–Crippen MR) is 75.6 cm³/mol. The van der Waals surface area contributed by atoms with Gasteiger partial charge in [0.25, 0.3) is 0 Å². The van der Waals surface area contributed by atoms with Crippen LogP contribution in [0.25, 0.3) is 0 Å². The second kappa shape index (κ2) is 5.23. The lowest BCUT2D eigenvalue weighted by molar-refractivity contribution is 0.631. The number of hydrogen-bond donors (Lipinski definition) is 1. The predicted octanol–water partition coefficient (Wildman–Crippen LogP) is 2.80. The summed E-state index contributed by atoms with van der Waals surface area (Å²) in [6.45, 7) is 4.07. The second-order valence-electron chi connectivity index (χ2n) is 4.70. The van der Waals surface area contributed by atoms with Gasteiger partial charge in [0.15, 0.2) is 0 Å². The summed E-state index contributed by atoms with van der Waals surface area (Å²) in [6.07, 6.45) is 0. The van der Waals surface area contributed by atoms with Crippen LogP contribution in [0.1, 0.15) is 11.1 Å². The number of benzene rings is 2. The van der Waals surface area contributed by atoms with Crippen molar-refractivity contribution in [3.05, 3.63) is 65.7 Å². The smallest absolute Gasteiger partial charge is 0.0433 e. The SMILES string of the molecule is c1ccc(N2CCNCc3ccccc3C2)cc1. The molecule has 3 rings (SSSR count). The minimum absolute atomic E-state index is 0.985. The Morgan fingerprint density at radius 3 is 2.39 bits per heavy atom. The molecule has 0 spiro atoms. The highest BCUT2D eigenvalue weighted by atomic mass is 15.1. The standard InChI is InChI=1S/C16H18N2/c1-2-8-16(9-3-1)18-11-10-17-12-14-6-4-5-7-15(14)13-18/h1-9,17H,10-13H2. The van der Waals surface area contributed by atoms with Gasteiger partial charge in [0, 0.05) is 31.9 Å². The van der Waals surface area contributed by atoms with Crippen molar-refractivity contribution in [3.8, 4) is 0 Å². The van der Waals surface area contributed by atoms with Crippen LogP contribution in [0.2, 0.25) is 0 Å². The van der Waals surface area contributed by atoms with Gasteiger partial charge in [-0.05, 0) is 23.3 Å². The average molecular weight is 238 g/mol. The number of para-hydroxylation sites is 1. The van der Waals surface area contributed by atoms with Crippen LogP contribution in [0.5, 0.6) is 0 Å². The number of anilines is 1. The third-order valence-corrected chi connectivity index (χ3v) is 3.47. The van der Waals surface area contributed by atoms with Gasteiger partial charge in [0.1, 0.15) is 0 Å². The van der Waals surface area contributed by atoms with E-state index in [1.54, 1.807) is 0 Å². The van der Waals surface area contributed by atoms with Crippen molar-refractivity contribution in [1.29, 1.82) is 0 Å². The third kappa shape index (κ3) is 2.39. The largest absolute Gasteiger partial charge is 0.366 e. The van der Waals surface area contributed by atoms with Crippen LogP contribution in [0.4, 0.5) is 5.69 Å². The zero-order valence-corrected chi connectivity index (χ0v) is 10.5. The number of rotatable bonds is 1. The van der Waals surface area contributed by atoms with Crippen molar-refractivity contribution >= 4 is 5.69 Å². The molecular weight excluding hydrogens is 220 g/mol. The zero-order chi connectivity index (χ0) is 12.2. The van der Waals surface area contributed by atoms with Crippen LogP contribution < -0.4 is 10.2 Å². The molecule has 0 aliphatic carbocycles. The molecule has 1 aliphatic heterocycles. The summed E-state index contributed by atoms with van der Waals surface area (Å²) in [5.41, 5.74) is 4.14. The Morgan fingerprint density at radius 1 is 0.833 bits per heavy atom. The summed E-state index contributed by atoms with van der Waals surface area (Å²) >= 11 is 0. The Labute approximate surface area is 108 Å². The van der Waals surface area contributed by atoms with Crippen LogP contribution in [-0.4, -0.2) is 13.1 Å². The molecule has 2 aromatic carbocycles. The first-order valence-corrected chi connectivity index (χ1v) is 6.51. The van der Waals surface area contributed by atoms with E-state index >= 15 is 0 Å². The zero-order valence-electron chi connectivity index (χ0n) is 10.5. The van der Waals surface area contributed by atoms with Crippen molar-refractivity contribution in [2.75, 3.05) is 18.0 Å². The Morgan fingerprint density at radius 2 is 1.56 bits per heavy atom. The van der Waals surface area contributed by atoms with Crippen LogP contribution in [0, 0.1) is 0 Å². The number of fused-ring (bicyclic) bond motifs is 1. The lowest BCUT2D eigenvalue weighted by atomic mass is 10.1. The normalized spacial score (nSPS) is 15.7. The first-order valence-electron chi connectivity index (χ1n) is 6.51. The van der Waals surface area contributed by atoms with Gasteiger partial charge < -0.3 is 10.2 Å². The molecular formula is C16H18N2. The molecule has 18 heavy (non-hydrogen) atoms. The monoisotopic (exact) mass is 238 g/mol. The van der Waals surface area contributed by atoms with Gasteiger partial charge in [0.2, 0.25) is 0 Å². The van der Waals surface area contributed by atoms with E-state index in [0.29, 0.717) is 0 Å². The summed E-state index contributed by atoms with van der Waals surface area (Å²) < 4.78 is 0. The highest BCUT2D eigenvalue weighted by Crippen LogP contribution is 2.19. The van der Waals surface area contributed by atoms with Gasteiger partial charge in [-0.25, -0.2) is 0 Å². The minimum Gasteiger partial charge on any atom is -0.366 e. The van der Waals surface area contributed by atoms with Crippen LogP contribution in [0.3, 0.4) is 0 Å². The van der Waals surface area contributed by atoms with E-state index in [0.717, 1.165) is 26.2 Å². The van der Waals surface area contributed by atoms with Gasteiger partial charge in [-0.1, -0.05) is 42.5 Å². The average Bonchev–Trinajstić information content (AvgIpc) is 2.41. The van der Waals surface area contributed by atoms with Crippen molar-refractivity contribution in [2.45, 2.75) is 13.1 Å². The molecule has 0 amide bonds. The first kappa shape index (κ1) is 11.3.